The Labute approximate surface area is 120 Å². The Morgan fingerprint density at radius 3 is 3.16 bits per heavy atom. The van der Waals surface area contributed by atoms with Crippen LogP contribution in [0, 0.1) is 0 Å². The molecule has 3 heteroatoms. The molecule has 2 atom stereocenters. The second-order valence-corrected chi connectivity index (χ2v) is 5.94. The zero-order valence-electron chi connectivity index (χ0n) is 11.2. The van der Waals surface area contributed by atoms with Crippen molar-refractivity contribution < 1.29 is 0 Å². The van der Waals surface area contributed by atoms with Crippen LogP contribution in [0.5, 0.6) is 0 Å². The second-order valence-electron chi connectivity index (χ2n) is 5.51. The van der Waals surface area contributed by atoms with Crippen LogP contribution in [0.2, 0.25) is 5.02 Å². The number of piperidine rings is 1. The van der Waals surface area contributed by atoms with Gasteiger partial charge >= 0.3 is 0 Å². The smallest absolute Gasteiger partial charge is 0.0411 e. The summed E-state index contributed by atoms with van der Waals surface area (Å²) in [5.41, 5.74) is 1.20. The zero-order chi connectivity index (χ0) is 13.1. The Kier molecular flexibility index (Phi) is 4.21. The van der Waals surface area contributed by atoms with Gasteiger partial charge in [0.2, 0.25) is 0 Å². The maximum Gasteiger partial charge on any atom is 0.0411 e. The summed E-state index contributed by atoms with van der Waals surface area (Å²) in [5, 5.41) is 4.31. The van der Waals surface area contributed by atoms with Crippen LogP contribution in [0.1, 0.15) is 24.8 Å². The number of piperazine rings is 1. The minimum atomic E-state index is 0.597. The lowest BCUT2D eigenvalue weighted by Gasteiger charge is -2.44. The monoisotopic (exact) mass is 276 g/mol. The van der Waals surface area contributed by atoms with E-state index in [1.165, 1.54) is 31.4 Å². The van der Waals surface area contributed by atoms with Crippen molar-refractivity contribution in [2.45, 2.75) is 31.3 Å². The molecule has 2 nitrogen and oxygen atoms in total. The van der Waals surface area contributed by atoms with Gasteiger partial charge in [-0.2, -0.15) is 0 Å². The van der Waals surface area contributed by atoms with E-state index < -0.39 is 0 Å². The number of hydrogen-bond acceptors (Lipinski definition) is 2. The van der Waals surface area contributed by atoms with Gasteiger partial charge in [0.1, 0.15) is 0 Å². The van der Waals surface area contributed by atoms with Crippen molar-refractivity contribution in [2.24, 2.45) is 0 Å². The van der Waals surface area contributed by atoms with Crippen molar-refractivity contribution in [1.29, 1.82) is 0 Å². The van der Waals surface area contributed by atoms with E-state index in [0.717, 1.165) is 24.2 Å². The molecule has 0 unspecified atom stereocenters. The molecule has 19 heavy (non-hydrogen) atoms. The third kappa shape index (κ3) is 3.19. The Morgan fingerprint density at radius 2 is 2.26 bits per heavy atom. The van der Waals surface area contributed by atoms with Gasteiger partial charge in [-0.1, -0.05) is 35.9 Å². The molecule has 1 N–H and O–H groups in total. The Morgan fingerprint density at radius 1 is 1.32 bits per heavy atom. The fraction of sp³-hybridized carbons (Fsp3) is 0.500. The molecule has 3 rings (SSSR count). The van der Waals surface area contributed by atoms with Gasteiger partial charge in [0.05, 0.1) is 0 Å². The molecule has 0 aromatic heterocycles. The molecule has 0 radical (unpaired) electrons. The molecule has 2 aliphatic heterocycles. The molecule has 2 fully saturated rings. The largest absolute Gasteiger partial charge is 0.314 e. The minimum Gasteiger partial charge on any atom is -0.314 e. The van der Waals surface area contributed by atoms with Crippen LogP contribution in [0.25, 0.3) is 6.08 Å². The SMILES string of the molecule is Clc1cccc(/C=C/[C@H]2CCC[C@H]3CNCCN32)c1. The van der Waals surface area contributed by atoms with Gasteiger partial charge in [-0.15, -0.1) is 0 Å². The number of rotatable bonds is 2. The lowest BCUT2D eigenvalue weighted by atomic mass is 9.93. The highest BCUT2D eigenvalue weighted by Gasteiger charge is 2.30. The standard InChI is InChI=1S/C16H21ClN2/c17-14-4-1-3-13(11-14)7-8-15-5-2-6-16-12-18-9-10-19(15)16/h1,3-4,7-8,11,15-16,18H,2,5-6,9-10,12H2/b8-7+/t15-,16+/m1/s1. The van der Waals surface area contributed by atoms with Crippen molar-refractivity contribution >= 4 is 17.7 Å². The average Bonchev–Trinajstić information content (AvgIpc) is 2.45. The van der Waals surface area contributed by atoms with Crippen LogP contribution in [-0.2, 0) is 0 Å². The molecular formula is C16H21ClN2. The van der Waals surface area contributed by atoms with E-state index in [9.17, 15) is 0 Å². The van der Waals surface area contributed by atoms with Gasteiger partial charge in [0.15, 0.2) is 0 Å². The number of fused-ring (bicyclic) bond motifs is 1. The third-order valence-corrected chi connectivity index (χ3v) is 4.45. The van der Waals surface area contributed by atoms with E-state index in [-0.39, 0.29) is 0 Å². The van der Waals surface area contributed by atoms with E-state index in [4.69, 9.17) is 11.6 Å². The molecule has 0 amide bonds. The summed E-state index contributed by atoms with van der Waals surface area (Å²) in [6.07, 6.45) is 8.56. The van der Waals surface area contributed by atoms with E-state index in [1.54, 1.807) is 0 Å². The fourth-order valence-electron chi connectivity index (χ4n) is 3.25. The van der Waals surface area contributed by atoms with Gasteiger partial charge in [0, 0.05) is 36.7 Å². The molecule has 0 spiro atoms. The van der Waals surface area contributed by atoms with Crippen LogP contribution >= 0.6 is 11.6 Å². The molecule has 1 aromatic rings. The van der Waals surface area contributed by atoms with Crippen molar-refractivity contribution in [1.82, 2.24) is 10.2 Å². The topological polar surface area (TPSA) is 15.3 Å². The first kappa shape index (κ1) is 13.2. The number of benzene rings is 1. The average molecular weight is 277 g/mol. The minimum absolute atomic E-state index is 0.597. The van der Waals surface area contributed by atoms with E-state index in [0.29, 0.717) is 6.04 Å². The Balaban J connectivity index is 1.71. The van der Waals surface area contributed by atoms with Crippen LogP contribution in [0.3, 0.4) is 0 Å². The molecule has 2 aliphatic rings. The lowest BCUT2D eigenvalue weighted by molar-refractivity contribution is 0.0856. The second kappa shape index (κ2) is 6.08. The van der Waals surface area contributed by atoms with Gasteiger partial charge in [-0.25, -0.2) is 0 Å². The molecule has 102 valence electrons. The number of nitrogens with one attached hydrogen (secondary N) is 1. The molecule has 0 aliphatic carbocycles. The lowest BCUT2D eigenvalue weighted by Crippen LogP contribution is -2.56. The summed E-state index contributed by atoms with van der Waals surface area (Å²) in [7, 11) is 0. The summed E-state index contributed by atoms with van der Waals surface area (Å²) in [5.74, 6) is 0. The highest BCUT2D eigenvalue weighted by molar-refractivity contribution is 6.30. The maximum absolute atomic E-state index is 6.02. The number of hydrogen-bond donors (Lipinski definition) is 1. The van der Waals surface area contributed by atoms with Crippen LogP contribution < -0.4 is 5.32 Å². The van der Waals surface area contributed by atoms with Crippen molar-refractivity contribution in [3.63, 3.8) is 0 Å². The van der Waals surface area contributed by atoms with Gasteiger partial charge in [-0.05, 0) is 37.0 Å². The maximum atomic E-state index is 6.02. The Bertz CT molecular complexity index is 456. The highest BCUT2D eigenvalue weighted by atomic mass is 35.5. The van der Waals surface area contributed by atoms with Gasteiger partial charge in [-0.3, -0.25) is 4.90 Å². The highest BCUT2D eigenvalue weighted by Crippen LogP contribution is 2.25. The van der Waals surface area contributed by atoms with Gasteiger partial charge < -0.3 is 5.32 Å². The summed E-state index contributed by atoms with van der Waals surface area (Å²) in [6, 6.07) is 9.40. The Hall–Kier alpha value is -0.830. The molecule has 0 saturated carbocycles. The van der Waals surface area contributed by atoms with Crippen molar-refractivity contribution in [3.05, 3.63) is 40.9 Å². The normalized spacial score (nSPS) is 28.5. The summed E-state index contributed by atoms with van der Waals surface area (Å²) in [4.78, 5) is 2.67. The predicted molar refractivity (Wildman–Crippen MR) is 81.5 cm³/mol. The fourth-order valence-corrected chi connectivity index (χ4v) is 3.45. The van der Waals surface area contributed by atoms with Crippen LogP contribution in [0.15, 0.2) is 30.3 Å². The molecule has 2 heterocycles. The predicted octanol–water partition coefficient (Wildman–Crippen LogP) is 3.18. The molecule has 0 bridgehead atoms. The summed E-state index contributed by atoms with van der Waals surface area (Å²) >= 11 is 6.02. The molecule has 1 aromatic carbocycles. The van der Waals surface area contributed by atoms with Crippen molar-refractivity contribution in [2.75, 3.05) is 19.6 Å². The molecular weight excluding hydrogens is 256 g/mol. The number of nitrogens with zero attached hydrogens (tertiary/aromatic N) is 1. The van der Waals surface area contributed by atoms with E-state index in [1.807, 2.05) is 18.2 Å². The van der Waals surface area contributed by atoms with E-state index in [2.05, 4.69) is 28.4 Å². The quantitative estimate of drug-likeness (QED) is 0.893. The first-order valence-electron chi connectivity index (χ1n) is 7.23. The van der Waals surface area contributed by atoms with Gasteiger partial charge in [0.25, 0.3) is 0 Å². The van der Waals surface area contributed by atoms with Crippen LogP contribution in [-0.4, -0.2) is 36.6 Å². The first-order valence-corrected chi connectivity index (χ1v) is 7.61. The summed E-state index contributed by atoms with van der Waals surface area (Å²) in [6.45, 7) is 3.45. The zero-order valence-corrected chi connectivity index (χ0v) is 11.9. The summed E-state index contributed by atoms with van der Waals surface area (Å²) < 4.78 is 0. The molecule has 2 saturated heterocycles. The van der Waals surface area contributed by atoms with E-state index >= 15 is 0 Å². The number of halogens is 1. The van der Waals surface area contributed by atoms with Crippen molar-refractivity contribution in [3.8, 4) is 0 Å². The first-order chi connectivity index (χ1) is 9.33. The van der Waals surface area contributed by atoms with Crippen LogP contribution in [0.4, 0.5) is 0 Å². The third-order valence-electron chi connectivity index (χ3n) is 4.22.